The summed E-state index contributed by atoms with van der Waals surface area (Å²) in [6, 6.07) is 0. The summed E-state index contributed by atoms with van der Waals surface area (Å²) in [6.45, 7) is 7.73. The van der Waals surface area contributed by atoms with Crippen molar-refractivity contribution in [2.75, 3.05) is 19.8 Å². The van der Waals surface area contributed by atoms with Crippen LogP contribution in [-0.2, 0) is 9.47 Å². The van der Waals surface area contributed by atoms with Crippen LogP contribution in [0.4, 0.5) is 0 Å². The average molecular weight is 431 g/mol. The lowest BCUT2D eigenvalue weighted by Crippen LogP contribution is -2.33. The van der Waals surface area contributed by atoms with E-state index in [0.717, 1.165) is 12.8 Å². The predicted molar refractivity (Wildman–Crippen MR) is 128 cm³/mol. The summed E-state index contributed by atoms with van der Waals surface area (Å²) >= 11 is 0. The quantitative estimate of drug-likeness (QED) is 0.165. The molecule has 0 bridgehead atoms. The molecular weight excluding hydrogens is 376 g/mol. The van der Waals surface area contributed by atoms with Crippen LogP contribution < -0.4 is 0 Å². The van der Waals surface area contributed by atoms with Crippen molar-refractivity contribution in [2.24, 2.45) is 0 Å². The van der Waals surface area contributed by atoms with Gasteiger partial charge in [-0.05, 0) is 19.8 Å². The lowest BCUT2D eigenvalue weighted by Gasteiger charge is -2.24. The Kier molecular flexibility index (Phi) is 23.4. The minimum atomic E-state index is -0.588. The topological polar surface area (TPSA) is 58.9 Å². The van der Waals surface area contributed by atoms with Crippen LogP contribution in [0.25, 0.3) is 0 Å². The highest BCUT2D eigenvalue weighted by Gasteiger charge is 2.20. The number of ether oxygens (including phenoxy) is 2. The minimum absolute atomic E-state index is 0.0436. The third kappa shape index (κ3) is 19.8. The van der Waals surface area contributed by atoms with Crippen LogP contribution in [0.5, 0.6) is 0 Å². The predicted octanol–water partition coefficient (Wildman–Crippen LogP) is 6.80. The Morgan fingerprint density at radius 1 is 0.600 bits per heavy atom. The van der Waals surface area contributed by atoms with Crippen LogP contribution in [0.3, 0.4) is 0 Å². The first-order valence-electron chi connectivity index (χ1n) is 13.2. The molecule has 0 amide bonds. The summed E-state index contributed by atoms with van der Waals surface area (Å²) in [5.74, 6) is 0. The summed E-state index contributed by atoms with van der Waals surface area (Å²) in [4.78, 5) is 0. The maximum absolute atomic E-state index is 10.4. The van der Waals surface area contributed by atoms with Gasteiger partial charge in [0.05, 0.1) is 24.9 Å². The molecule has 4 nitrogen and oxygen atoms in total. The zero-order valence-electron chi connectivity index (χ0n) is 20.6. The maximum atomic E-state index is 10.4. The lowest BCUT2D eigenvalue weighted by molar-refractivity contribution is -0.0692. The largest absolute Gasteiger partial charge is 0.394 e. The fourth-order valence-electron chi connectivity index (χ4n) is 3.76. The van der Waals surface area contributed by atoms with E-state index >= 15 is 0 Å². The van der Waals surface area contributed by atoms with Gasteiger partial charge < -0.3 is 19.7 Å². The molecule has 0 aliphatic rings. The van der Waals surface area contributed by atoms with E-state index in [2.05, 4.69) is 13.8 Å². The van der Waals surface area contributed by atoms with E-state index in [9.17, 15) is 10.2 Å². The Morgan fingerprint density at radius 2 is 1.00 bits per heavy atom. The average Bonchev–Trinajstić information content (AvgIpc) is 2.75. The van der Waals surface area contributed by atoms with Crippen molar-refractivity contribution < 1.29 is 19.7 Å². The molecule has 0 aliphatic heterocycles. The zero-order valence-corrected chi connectivity index (χ0v) is 20.6. The van der Waals surface area contributed by atoms with Gasteiger partial charge in [-0.15, -0.1) is 0 Å². The highest BCUT2D eigenvalue weighted by Crippen LogP contribution is 2.13. The van der Waals surface area contributed by atoms with Gasteiger partial charge in [0.1, 0.15) is 0 Å². The zero-order chi connectivity index (χ0) is 22.3. The molecule has 30 heavy (non-hydrogen) atoms. The molecule has 0 saturated heterocycles. The molecule has 0 aromatic carbocycles. The van der Waals surface area contributed by atoms with Crippen LogP contribution in [0.1, 0.15) is 130 Å². The standard InChI is InChI=1S/C26H54O4/c1-4-6-8-10-12-13-14-15-17-18-20-29-24(3)26(28)22-25(23-27)30-21-19-16-11-9-7-5-2/h24-28H,4-23H2,1-3H3. The van der Waals surface area contributed by atoms with Crippen LogP contribution >= 0.6 is 0 Å². The Balaban J connectivity index is 3.60. The van der Waals surface area contributed by atoms with Crippen LogP contribution in [-0.4, -0.2) is 48.3 Å². The molecule has 0 heterocycles. The SMILES string of the molecule is CCCCCCCCCCCCOC(C)C(O)CC(CO)OCCCCCCCC. The molecular formula is C26H54O4. The summed E-state index contributed by atoms with van der Waals surface area (Å²) in [6.07, 6.45) is 19.8. The fraction of sp³-hybridized carbons (Fsp3) is 1.00. The molecule has 4 heteroatoms. The molecule has 2 N–H and O–H groups in total. The Morgan fingerprint density at radius 3 is 1.43 bits per heavy atom. The summed E-state index contributed by atoms with van der Waals surface area (Å²) in [7, 11) is 0. The van der Waals surface area contributed by atoms with E-state index in [-0.39, 0.29) is 18.8 Å². The van der Waals surface area contributed by atoms with Gasteiger partial charge in [-0.3, -0.25) is 0 Å². The van der Waals surface area contributed by atoms with Gasteiger partial charge in [-0.25, -0.2) is 0 Å². The van der Waals surface area contributed by atoms with E-state index in [4.69, 9.17) is 9.47 Å². The van der Waals surface area contributed by atoms with E-state index in [1.807, 2.05) is 6.92 Å². The highest BCUT2D eigenvalue weighted by molar-refractivity contribution is 4.70. The molecule has 3 atom stereocenters. The van der Waals surface area contributed by atoms with Crippen molar-refractivity contribution in [3.63, 3.8) is 0 Å². The number of aliphatic hydroxyl groups excluding tert-OH is 2. The van der Waals surface area contributed by atoms with Gasteiger partial charge in [0.15, 0.2) is 0 Å². The third-order valence-corrected chi connectivity index (χ3v) is 5.98. The van der Waals surface area contributed by atoms with Gasteiger partial charge in [-0.1, -0.05) is 104 Å². The first kappa shape index (κ1) is 29.8. The second-order valence-electron chi connectivity index (χ2n) is 9.00. The number of unbranched alkanes of at least 4 members (excludes halogenated alkanes) is 14. The van der Waals surface area contributed by atoms with E-state index in [0.29, 0.717) is 19.6 Å². The molecule has 182 valence electrons. The summed E-state index contributed by atoms with van der Waals surface area (Å²) in [5, 5.41) is 19.9. The number of hydrogen-bond acceptors (Lipinski definition) is 4. The van der Waals surface area contributed by atoms with Gasteiger partial charge >= 0.3 is 0 Å². The number of rotatable bonds is 24. The maximum Gasteiger partial charge on any atom is 0.0831 e. The highest BCUT2D eigenvalue weighted by atomic mass is 16.5. The molecule has 0 aromatic heterocycles. The van der Waals surface area contributed by atoms with Crippen LogP contribution in [0, 0.1) is 0 Å². The first-order valence-corrected chi connectivity index (χ1v) is 13.2. The van der Waals surface area contributed by atoms with Crippen LogP contribution in [0.2, 0.25) is 0 Å². The number of aliphatic hydroxyl groups is 2. The Hall–Kier alpha value is -0.160. The second kappa shape index (κ2) is 23.5. The smallest absolute Gasteiger partial charge is 0.0831 e. The van der Waals surface area contributed by atoms with E-state index in [1.165, 1.54) is 89.9 Å². The van der Waals surface area contributed by atoms with Gasteiger partial charge in [0.2, 0.25) is 0 Å². The molecule has 0 fully saturated rings. The first-order chi connectivity index (χ1) is 14.7. The molecule has 0 saturated carbocycles. The molecule has 0 rings (SSSR count). The van der Waals surface area contributed by atoms with E-state index in [1.54, 1.807) is 0 Å². The lowest BCUT2D eigenvalue weighted by atomic mass is 10.1. The molecule has 0 aromatic rings. The monoisotopic (exact) mass is 430 g/mol. The van der Waals surface area contributed by atoms with Crippen LogP contribution in [0.15, 0.2) is 0 Å². The van der Waals surface area contributed by atoms with Crippen molar-refractivity contribution in [1.29, 1.82) is 0 Å². The molecule has 0 radical (unpaired) electrons. The Labute approximate surface area is 188 Å². The third-order valence-electron chi connectivity index (χ3n) is 5.98. The molecule has 0 spiro atoms. The Bertz CT molecular complexity index is 324. The van der Waals surface area contributed by atoms with Gasteiger partial charge in [0.25, 0.3) is 0 Å². The van der Waals surface area contributed by atoms with E-state index < -0.39 is 6.10 Å². The molecule has 3 unspecified atom stereocenters. The summed E-state index contributed by atoms with van der Waals surface area (Å²) in [5.41, 5.74) is 0. The second-order valence-corrected chi connectivity index (χ2v) is 9.00. The fourth-order valence-corrected chi connectivity index (χ4v) is 3.76. The van der Waals surface area contributed by atoms with Crippen molar-refractivity contribution in [1.82, 2.24) is 0 Å². The number of hydrogen-bond donors (Lipinski definition) is 2. The summed E-state index contributed by atoms with van der Waals surface area (Å²) < 4.78 is 11.6. The van der Waals surface area contributed by atoms with Crippen molar-refractivity contribution in [2.45, 2.75) is 148 Å². The normalized spacial score (nSPS) is 14.7. The minimum Gasteiger partial charge on any atom is -0.394 e. The van der Waals surface area contributed by atoms with Gasteiger partial charge in [0, 0.05) is 19.6 Å². The van der Waals surface area contributed by atoms with Crippen molar-refractivity contribution in [3.8, 4) is 0 Å². The van der Waals surface area contributed by atoms with Crippen molar-refractivity contribution in [3.05, 3.63) is 0 Å². The molecule has 0 aliphatic carbocycles. The van der Waals surface area contributed by atoms with Crippen molar-refractivity contribution >= 4 is 0 Å². The van der Waals surface area contributed by atoms with Gasteiger partial charge in [-0.2, -0.15) is 0 Å².